The maximum Gasteiger partial charge on any atom is 0.410 e. The van der Waals surface area contributed by atoms with Crippen molar-refractivity contribution in [2.24, 2.45) is 0 Å². The van der Waals surface area contributed by atoms with Gasteiger partial charge >= 0.3 is 6.09 Å². The first kappa shape index (κ1) is 11.3. The van der Waals surface area contributed by atoms with E-state index in [2.05, 4.69) is 0 Å². The smallest absolute Gasteiger partial charge is 0.410 e. The van der Waals surface area contributed by atoms with Gasteiger partial charge in [0.05, 0.1) is 12.7 Å². The van der Waals surface area contributed by atoms with Crippen LogP contribution >= 0.6 is 0 Å². The van der Waals surface area contributed by atoms with Gasteiger partial charge in [0.25, 0.3) is 0 Å². The molecule has 1 amide bonds. The van der Waals surface area contributed by atoms with Crippen molar-refractivity contribution in [2.75, 3.05) is 20.2 Å². The second kappa shape index (κ2) is 4.17. The maximum atomic E-state index is 11.5. The fourth-order valence-electron chi connectivity index (χ4n) is 1.00. The van der Waals surface area contributed by atoms with Crippen molar-refractivity contribution in [1.82, 2.24) is 4.90 Å². The minimum absolute atomic E-state index is 0.266. The van der Waals surface area contributed by atoms with Gasteiger partial charge in [-0.1, -0.05) is 0 Å². The zero-order valence-corrected chi connectivity index (χ0v) is 9.37. The zero-order valence-electron chi connectivity index (χ0n) is 9.37. The molecule has 4 nitrogen and oxygen atoms in total. The Morgan fingerprint density at radius 1 is 1.57 bits per heavy atom. The van der Waals surface area contributed by atoms with Crippen LogP contribution in [0.25, 0.3) is 0 Å². The van der Waals surface area contributed by atoms with Crippen LogP contribution < -0.4 is 0 Å². The predicted molar refractivity (Wildman–Crippen MR) is 53.2 cm³/mol. The molecule has 0 radical (unpaired) electrons. The first-order chi connectivity index (χ1) is 6.38. The number of hydrogen-bond acceptors (Lipinski definition) is 3. The molecule has 0 aromatic carbocycles. The summed E-state index contributed by atoms with van der Waals surface area (Å²) < 4.78 is 10.3. The molecular weight excluding hydrogens is 182 g/mol. The van der Waals surface area contributed by atoms with Gasteiger partial charge in [0.1, 0.15) is 5.60 Å². The standard InChI is InChI=1S/C10H19NO3/c1-10(2,3)14-9(12)11(4)6-5-8-7-13-8/h8H,5-7H2,1-4H3. The highest BCUT2D eigenvalue weighted by atomic mass is 16.6. The minimum Gasteiger partial charge on any atom is -0.444 e. The normalized spacial score (nSPS) is 20.4. The molecule has 0 aliphatic carbocycles. The molecule has 1 aliphatic rings. The summed E-state index contributed by atoms with van der Waals surface area (Å²) in [7, 11) is 1.75. The van der Waals surface area contributed by atoms with Gasteiger partial charge in [-0.2, -0.15) is 0 Å². The van der Waals surface area contributed by atoms with Crippen molar-refractivity contribution in [1.29, 1.82) is 0 Å². The van der Waals surface area contributed by atoms with Crippen molar-refractivity contribution in [3.8, 4) is 0 Å². The Hall–Kier alpha value is -0.770. The van der Waals surface area contributed by atoms with E-state index in [1.165, 1.54) is 0 Å². The molecule has 1 atom stereocenters. The van der Waals surface area contributed by atoms with E-state index in [-0.39, 0.29) is 6.09 Å². The van der Waals surface area contributed by atoms with Gasteiger partial charge in [-0.3, -0.25) is 0 Å². The largest absolute Gasteiger partial charge is 0.444 e. The van der Waals surface area contributed by atoms with Crippen LogP contribution in [0.15, 0.2) is 0 Å². The van der Waals surface area contributed by atoms with Crippen molar-refractivity contribution >= 4 is 6.09 Å². The molecule has 0 N–H and O–H groups in total. The van der Waals surface area contributed by atoms with Crippen LogP contribution in [0.1, 0.15) is 27.2 Å². The van der Waals surface area contributed by atoms with Gasteiger partial charge in [0.15, 0.2) is 0 Å². The third-order valence-electron chi connectivity index (χ3n) is 1.89. The lowest BCUT2D eigenvalue weighted by atomic mass is 10.2. The number of epoxide rings is 1. The summed E-state index contributed by atoms with van der Waals surface area (Å²) in [6.07, 6.45) is 0.994. The molecule has 0 bridgehead atoms. The van der Waals surface area contributed by atoms with E-state index < -0.39 is 5.60 Å². The third kappa shape index (κ3) is 4.46. The van der Waals surface area contributed by atoms with Crippen LogP contribution in [0.3, 0.4) is 0 Å². The Labute approximate surface area is 85.2 Å². The Kier molecular flexibility index (Phi) is 3.37. The lowest BCUT2D eigenvalue weighted by Crippen LogP contribution is -2.35. The number of nitrogens with zero attached hydrogens (tertiary/aromatic N) is 1. The van der Waals surface area contributed by atoms with Crippen molar-refractivity contribution in [2.45, 2.75) is 38.9 Å². The molecule has 1 saturated heterocycles. The van der Waals surface area contributed by atoms with Gasteiger partial charge in [-0.05, 0) is 27.2 Å². The van der Waals surface area contributed by atoms with Crippen molar-refractivity contribution in [3.05, 3.63) is 0 Å². The van der Waals surface area contributed by atoms with Gasteiger partial charge in [0.2, 0.25) is 0 Å². The minimum atomic E-state index is -0.415. The molecule has 0 aromatic heterocycles. The first-order valence-electron chi connectivity index (χ1n) is 4.94. The summed E-state index contributed by atoms with van der Waals surface area (Å²) in [5.41, 5.74) is -0.415. The highest BCUT2D eigenvalue weighted by Gasteiger charge is 2.25. The summed E-state index contributed by atoms with van der Waals surface area (Å²) in [6, 6.07) is 0. The average molecular weight is 201 g/mol. The van der Waals surface area contributed by atoms with E-state index in [1.54, 1.807) is 11.9 Å². The fraction of sp³-hybridized carbons (Fsp3) is 0.900. The summed E-state index contributed by atoms with van der Waals surface area (Å²) in [4.78, 5) is 13.0. The molecule has 1 rings (SSSR count). The van der Waals surface area contributed by atoms with E-state index in [9.17, 15) is 4.79 Å². The number of hydrogen-bond donors (Lipinski definition) is 0. The molecule has 4 heteroatoms. The summed E-state index contributed by atoms with van der Waals surface area (Å²) in [5.74, 6) is 0. The topological polar surface area (TPSA) is 42.1 Å². The second-order valence-corrected chi connectivity index (χ2v) is 4.65. The fourth-order valence-corrected chi connectivity index (χ4v) is 1.00. The van der Waals surface area contributed by atoms with Crippen LogP contribution in [0, 0.1) is 0 Å². The molecule has 1 aliphatic heterocycles. The predicted octanol–water partition coefficient (Wildman–Crippen LogP) is 1.64. The molecule has 1 unspecified atom stereocenters. The number of amides is 1. The van der Waals surface area contributed by atoms with Crippen LogP contribution in [-0.2, 0) is 9.47 Å². The quantitative estimate of drug-likeness (QED) is 0.652. The van der Waals surface area contributed by atoms with Crippen molar-refractivity contribution in [3.63, 3.8) is 0 Å². The highest BCUT2D eigenvalue weighted by Crippen LogP contribution is 2.14. The SMILES string of the molecule is CN(CCC1CO1)C(=O)OC(C)(C)C. The van der Waals surface area contributed by atoms with E-state index in [4.69, 9.17) is 9.47 Å². The monoisotopic (exact) mass is 201 g/mol. The Bertz CT molecular complexity index is 206. The van der Waals surface area contributed by atoms with Gasteiger partial charge in [-0.15, -0.1) is 0 Å². The molecule has 82 valence electrons. The maximum absolute atomic E-state index is 11.5. The van der Waals surface area contributed by atoms with E-state index in [1.807, 2.05) is 20.8 Å². The van der Waals surface area contributed by atoms with Crippen molar-refractivity contribution < 1.29 is 14.3 Å². The molecule has 1 heterocycles. The van der Waals surface area contributed by atoms with Gasteiger partial charge in [0, 0.05) is 13.6 Å². The average Bonchev–Trinajstić information content (AvgIpc) is 2.79. The van der Waals surface area contributed by atoms with Gasteiger partial charge in [-0.25, -0.2) is 4.79 Å². The third-order valence-corrected chi connectivity index (χ3v) is 1.89. The Morgan fingerprint density at radius 2 is 2.14 bits per heavy atom. The number of ether oxygens (including phenoxy) is 2. The van der Waals surface area contributed by atoms with E-state index in [0.29, 0.717) is 12.6 Å². The van der Waals surface area contributed by atoms with E-state index >= 15 is 0 Å². The zero-order chi connectivity index (χ0) is 10.8. The van der Waals surface area contributed by atoms with Crippen LogP contribution in [0.4, 0.5) is 4.79 Å². The van der Waals surface area contributed by atoms with Crippen LogP contribution in [0.2, 0.25) is 0 Å². The summed E-state index contributed by atoms with van der Waals surface area (Å²) >= 11 is 0. The number of carbonyl (C=O) groups excluding carboxylic acids is 1. The Balaban J connectivity index is 2.20. The molecule has 0 spiro atoms. The summed E-state index contributed by atoms with van der Waals surface area (Å²) in [6.45, 7) is 7.12. The van der Waals surface area contributed by atoms with Gasteiger partial charge < -0.3 is 14.4 Å². The van der Waals surface area contributed by atoms with Crippen LogP contribution in [-0.4, -0.2) is 42.9 Å². The molecular formula is C10H19NO3. The Morgan fingerprint density at radius 3 is 2.57 bits per heavy atom. The molecule has 14 heavy (non-hydrogen) atoms. The lowest BCUT2D eigenvalue weighted by Gasteiger charge is -2.24. The number of carbonyl (C=O) groups is 1. The molecule has 0 saturated carbocycles. The second-order valence-electron chi connectivity index (χ2n) is 4.65. The lowest BCUT2D eigenvalue weighted by molar-refractivity contribution is 0.0294. The first-order valence-corrected chi connectivity index (χ1v) is 4.94. The molecule has 0 aromatic rings. The molecule has 1 fully saturated rings. The number of rotatable bonds is 3. The van der Waals surface area contributed by atoms with Crippen LogP contribution in [0.5, 0.6) is 0 Å². The highest BCUT2D eigenvalue weighted by molar-refractivity contribution is 5.67. The van der Waals surface area contributed by atoms with E-state index in [0.717, 1.165) is 13.0 Å². The summed E-state index contributed by atoms with van der Waals surface area (Å²) in [5, 5.41) is 0.